The number of hydrogen-bond donors (Lipinski definition) is 0. The highest BCUT2D eigenvalue weighted by molar-refractivity contribution is 5.83. The Kier molecular flexibility index (Phi) is 3.19. The van der Waals surface area contributed by atoms with Gasteiger partial charge in [0.25, 0.3) is 0 Å². The molecule has 0 spiro atoms. The maximum absolute atomic E-state index is 5.78. The molecule has 0 fully saturated rings. The van der Waals surface area contributed by atoms with Crippen LogP contribution in [0.2, 0.25) is 0 Å². The van der Waals surface area contributed by atoms with Gasteiger partial charge in [-0.3, -0.25) is 4.98 Å². The largest absolute Gasteiger partial charge is 0.487 e. The number of ether oxygens (including phenoxy) is 1. The first-order valence-corrected chi connectivity index (χ1v) is 6.48. The number of pyridine rings is 1. The Bertz CT molecular complexity index is 674. The quantitative estimate of drug-likeness (QED) is 0.709. The molecule has 0 N–H and O–H groups in total. The Balaban J connectivity index is 1.89. The first-order chi connectivity index (χ1) is 9.38. The van der Waals surface area contributed by atoms with Crippen LogP contribution in [0, 0.1) is 0 Å². The van der Waals surface area contributed by atoms with Crippen LogP contribution >= 0.6 is 0 Å². The van der Waals surface area contributed by atoms with E-state index in [0.717, 1.165) is 12.3 Å². The van der Waals surface area contributed by atoms with Crippen LogP contribution in [0.25, 0.3) is 10.9 Å². The van der Waals surface area contributed by atoms with Crippen LogP contribution in [0.4, 0.5) is 0 Å². The van der Waals surface area contributed by atoms with Gasteiger partial charge in [-0.05, 0) is 25.1 Å². The van der Waals surface area contributed by atoms with Crippen molar-refractivity contribution in [2.75, 3.05) is 0 Å². The van der Waals surface area contributed by atoms with Gasteiger partial charge in [0.1, 0.15) is 12.4 Å². The van der Waals surface area contributed by atoms with Gasteiger partial charge in [0.05, 0.1) is 6.20 Å². The van der Waals surface area contributed by atoms with Crippen LogP contribution in [-0.2, 0) is 13.2 Å². The van der Waals surface area contributed by atoms with Crippen LogP contribution in [0.15, 0.2) is 55.0 Å². The van der Waals surface area contributed by atoms with Crippen molar-refractivity contribution >= 4 is 10.9 Å². The molecule has 0 aliphatic rings. The van der Waals surface area contributed by atoms with E-state index in [1.165, 1.54) is 16.5 Å². The molecule has 0 radical (unpaired) electrons. The molecule has 2 heterocycles. The molecule has 3 heteroatoms. The zero-order valence-corrected chi connectivity index (χ0v) is 10.9. The molecule has 0 atom stereocenters. The van der Waals surface area contributed by atoms with Gasteiger partial charge in [-0.25, -0.2) is 0 Å². The van der Waals surface area contributed by atoms with Crippen molar-refractivity contribution in [3.05, 3.63) is 60.6 Å². The van der Waals surface area contributed by atoms with Crippen LogP contribution in [0.1, 0.15) is 12.5 Å². The molecule has 96 valence electrons. The standard InChI is InChI=1S/C16H16N2O/c1-2-18-11-13(15-7-3-4-8-16(15)18)12-19-14-6-5-9-17-10-14/h3-11H,2,12H2,1H3. The van der Waals surface area contributed by atoms with Gasteiger partial charge in [-0.15, -0.1) is 0 Å². The fourth-order valence-electron chi connectivity index (χ4n) is 2.29. The molecule has 1 aromatic carbocycles. The molecule has 0 aliphatic heterocycles. The topological polar surface area (TPSA) is 27.1 Å². The summed E-state index contributed by atoms with van der Waals surface area (Å²) in [6.45, 7) is 3.69. The summed E-state index contributed by atoms with van der Waals surface area (Å²) in [5.74, 6) is 0.802. The molecule has 0 unspecified atom stereocenters. The van der Waals surface area contributed by atoms with Crippen LogP contribution < -0.4 is 4.74 Å². The minimum Gasteiger partial charge on any atom is -0.487 e. The van der Waals surface area contributed by atoms with Crippen LogP contribution in [0.5, 0.6) is 5.75 Å². The molecule has 3 nitrogen and oxygen atoms in total. The third-order valence-electron chi connectivity index (χ3n) is 3.24. The van der Waals surface area contributed by atoms with E-state index in [1.54, 1.807) is 12.4 Å². The Labute approximate surface area is 112 Å². The molecule has 0 bridgehead atoms. The minimum absolute atomic E-state index is 0.569. The zero-order chi connectivity index (χ0) is 13.1. The van der Waals surface area contributed by atoms with E-state index in [4.69, 9.17) is 4.74 Å². The van der Waals surface area contributed by atoms with Gasteiger partial charge < -0.3 is 9.30 Å². The summed E-state index contributed by atoms with van der Waals surface area (Å²) in [6.07, 6.45) is 5.65. The SMILES string of the molecule is CCn1cc(COc2cccnc2)c2ccccc21. The average molecular weight is 252 g/mol. The lowest BCUT2D eigenvalue weighted by atomic mass is 10.2. The summed E-state index contributed by atoms with van der Waals surface area (Å²) < 4.78 is 8.03. The normalized spacial score (nSPS) is 10.8. The number of hydrogen-bond acceptors (Lipinski definition) is 2. The van der Waals surface area contributed by atoms with Crippen LogP contribution in [-0.4, -0.2) is 9.55 Å². The Morgan fingerprint density at radius 1 is 1.16 bits per heavy atom. The Morgan fingerprint density at radius 3 is 2.84 bits per heavy atom. The molecule has 0 amide bonds. The first-order valence-electron chi connectivity index (χ1n) is 6.48. The van der Waals surface area contributed by atoms with E-state index in [-0.39, 0.29) is 0 Å². The van der Waals surface area contributed by atoms with E-state index in [0.29, 0.717) is 6.61 Å². The minimum atomic E-state index is 0.569. The van der Waals surface area contributed by atoms with Gasteiger partial charge >= 0.3 is 0 Å². The van der Waals surface area contributed by atoms with Crippen molar-refractivity contribution in [3.63, 3.8) is 0 Å². The highest BCUT2D eigenvalue weighted by atomic mass is 16.5. The van der Waals surface area contributed by atoms with Crippen molar-refractivity contribution in [1.29, 1.82) is 0 Å². The van der Waals surface area contributed by atoms with Crippen molar-refractivity contribution in [1.82, 2.24) is 9.55 Å². The molecule has 2 aromatic heterocycles. The third-order valence-corrected chi connectivity index (χ3v) is 3.24. The summed E-state index contributed by atoms with van der Waals surface area (Å²) in [6, 6.07) is 12.2. The van der Waals surface area contributed by atoms with E-state index < -0.39 is 0 Å². The number of fused-ring (bicyclic) bond motifs is 1. The van der Waals surface area contributed by atoms with Crippen molar-refractivity contribution in [2.24, 2.45) is 0 Å². The second-order valence-corrected chi connectivity index (χ2v) is 4.43. The predicted octanol–water partition coefficient (Wildman–Crippen LogP) is 3.64. The molecule has 0 saturated carbocycles. The van der Waals surface area contributed by atoms with E-state index in [1.807, 2.05) is 12.1 Å². The number of aryl methyl sites for hydroxylation is 1. The van der Waals surface area contributed by atoms with E-state index in [9.17, 15) is 0 Å². The maximum atomic E-state index is 5.78. The maximum Gasteiger partial charge on any atom is 0.138 e. The predicted molar refractivity (Wildman–Crippen MR) is 76.2 cm³/mol. The van der Waals surface area contributed by atoms with Gasteiger partial charge in [0, 0.05) is 35.4 Å². The fourth-order valence-corrected chi connectivity index (χ4v) is 2.29. The van der Waals surface area contributed by atoms with E-state index >= 15 is 0 Å². The summed E-state index contributed by atoms with van der Waals surface area (Å²) in [5, 5.41) is 1.26. The molecule has 0 aliphatic carbocycles. The monoisotopic (exact) mass is 252 g/mol. The van der Waals surface area contributed by atoms with Gasteiger partial charge in [-0.2, -0.15) is 0 Å². The van der Waals surface area contributed by atoms with Crippen molar-refractivity contribution in [2.45, 2.75) is 20.1 Å². The number of rotatable bonds is 4. The average Bonchev–Trinajstić information content (AvgIpc) is 2.84. The molecule has 3 aromatic rings. The number of benzene rings is 1. The van der Waals surface area contributed by atoms with Crippen molar-refractivity contribution < 1.29 is 4.74 Å². The molecular formula is C16H16N2O. The lowest BCUT2D eigenvalue weighted by Gasteiger charge is -2.04. The zero-order valence-electron chi connectivity index (χ0n) is 10.9. The molecule has 0 saturated heterocycles. The van der Waals surface area contributed by atoms with Gasteiger partial charge in [-0.1, -0.05) is 18.2 Å². The lowest BCUT2D eigenvalue weighted by molar-refractivity contribution is 0.306. The molecule has 3 rings (SSSR count). The number of para-hydroxylation sites is 1. The smallest absolute Gasteiger partial charge is 0.138 e. The lowest BCUT2D eigenvalue weighted by Crippen LogP contribution is -1.95. The molecule has 19 heavy (non-hydrogen) atoms. The van der Waals surface area contributed by atoms with Gasteiger partial charge in [0.15, 0.2) is 0 Å². The number of aromatic nitrogens is 2. The second-order valence-electron chi connectivity index (χ2n) is 4.43. The summed E-state index contributed by atoms with van der Waals surface area (Å²) in [7, 11) is 0. The summed E-state index contributed by atoms with van der Waals surface area (Å²) >= 11 is 0. The highest BCUT2D eigenvalue weighted by Gasteiger charge is 2.07. The summed E-state index contributed by atoms with van der Waals surface area (Å²) in [4.78, 5) is 4.05. The second kappa shape index (κ2) is 5.14. The highest BCUT2D eigenvalue weighted by Crippen LogP contribution is 2.22. The van der Waals surface area contributed by atoms with E-state index in [2.05, 4.69) is 46.9 Å². The fraction of sp³-hybridized carbons (Fsp3) is 0.188. The Hall–Kier alpha value is -2.29. The first kappa shape index (κ1) is 11.8. The van der Waals surface area contributed by atoms with Crippen molar-refractivity contribution in [3.8, 4) is 5.75 Å². The summed E-state index contributed by atoms with van der Waals surface area (Å²) in [5.41, 5.74) is 2.47. The van der Waals surface area contributed by atoms with Gasteiger partial charge in [0.2, 0.25) is 0 Å². The number of nitrogens with zero attached hydrogens (tertiary/aromatic N) is 2. The Morgan fingerprint density at radius 2 is 2.05 bits per heavy atom. The third kappa shape index (κ3) is 2.32. The molecular weight excluding hydrogens is 236 g/mol. The van der Waals surface area contributed by atoms with Crippen LogP contribution in [0.3, 0.4) is 0 Å².